The highest BCUT2D eigenvalue weighted by molar-refractivity contribution is 9.10. The summed E-state index contributed by atoms with van der Waals surface area (Å²) in [5, 5.41) is 3.03. The summed E-state index contributed by atoms with van der Waals surface area (Å²) in [5.74, 6) is 0. The van der Waals surface area contributed by atoms with Crippen LogP contribution < -0.4 is 10.4 Å². The maximum Gasteiger partial charge on any atom is 0.110 e. The Morgan fingerprint density at radius 3 is 2.08 bits per heavy atom. The highest BCUT2D eigenvalue weighted by Crippen LogP contribution is 2.28. The molecule has 0 aliphatic heterocycles. The van der Waals surface area contributed by atoms with Crippen LogP contribution in [0.1, 0.15) is 13.8 Å². The minimum Gasteiger partial charge on any atom is -0.379 e. The highest BCUT2D eigenvalue weighted by Gasteiger charge is 2.34. The van der Waals surface area contributed by atoms with E-state index in [1.54, 1.807) is 6.20 Å². The Kier molecular flexibility index (Phi) is 6.46. The SMILES string of the molecule is CC(C)(COCCn1cncc1Br)[SiH](c1ccccc1)c1ccccc1. The molecular weight excluding hydrogens is 404 g/mol. The fraction of sp³-hybridized carbons (Fsp3) is 0.286. The van der Waals surface area contributed by atoms with Gasteiger partial charge in [0.25, 0.3) is 0 Å². The van der Waals surface area contributed by atoms with E-state index < -0.39 is 8.80 Å². The number of aromatic nitrogens is 2. The molecule has 1 heterocycles. The predicted molar refractivity (Wildman–Crippen MR) is 114 cm³/mol. The van der Waals surface area contributed by atoms with Crippen molar-refractivity contribution in [2.75, 3.05) is 13.2 Å². The fourth-order valence-electron chi connectivity index (χ4n) is 3.44. The number of halogens is 1. The molecule has 0 saturated heterocycles. The lowest BCUT2D eigenvalue weighted by atomic mass is 10.2. The van der Waals surface area contributed by atoms with E-state index in [9.17, 15) is 0 Å². The Morgan fingerprint density at radius 1 is 1.00 bits per heavy atom. The number of nitrogens with zero attached hydrogens (tertiary/aromatic N) is 2. The molecule has 0 aliphatic carbocycles. The van der Waals surface area contributed by atoms with E-state index in [1.165, 1.54) is 10.4 Å². The van der Waals surface area contributed by atoms with Crippen molar-refractivity contribution < 1.29 is 4.74 Å². The summed E-state index contributed by atoms with van der Waals surface area (Å²) < 4.78 is 9.16. The molecule has 3 aromatic rings. The largest absolute Gasteiger partial charge is 0.379 e. The molecule has 3 rings (SSSR count). The van der Waals surface area contributed by atoms with E-state index in [-0.39, 0.29) is 5.04 Å². The molecular formula is C21H25BrN2OSi. The Hall–Kier alpha value is -1.69. The first-order valence-electron chi connectivity index (χ1n) is 8.91. The summed E-state index contributed by atoms with van der Waals surface area (Å²) in [6.45, 7) is 6.93. The summed E-state index contributed by atoms with van der Waals surface area (Å²) in [6.07, 6.45) is 3.63. The van der Waals surface area contributed by atoms with Crippen LogP contribution in [0.5, 0.6) is 0 Å². The average molecular weight is 429 g/mol. The molecule has 5 heteroatoms. The zero-order valence-corrected chi connectivity index (χ0v) is 18.0. The van der Waals surface area contributed by atoms with Crippen LogP contribution in [-0.2, 0) is 11.3 Å². The van der Waals surface area contributed by atoms with E-state index in [1.807, 2.05) is 6.33 Å². The number of rotatable bonds is 8. The topological polar surface area (TPSA) is 27.1 Å². The van der Waals surface area contributed by atoms with Crippen LogP contribution in [0.15, 0.2) is 77.8 Å². The van der Waals surface area contributed by atoms with Gasteiger partial charge < -0.3 is 9.30 Å². The zero-order chi connectivity index (χ0) is 18.4. The van der Waals surface area contributed by atoms with Crippen molar-refractivity contribution in [3.8, 4) is 0 Å². The van der Waals surface area contributed by atoms with Gasteiger partial charge in [-0.05, 0) is 21.0 Å². The second-order valence-corrected chi connectivity index (χ2v) is 11.8. The smallest absolute Gasteiger partial charge is 0.110 e. The van der Waals surface area contributed by atoms with Gasteiger partial charge in [0.05, 0.1) is 19.1 Å². The first-order valence-corrected chi connectivity index (χ1v) is 11.4. The van der Waals surface area contributed by atoms with Crippen molar-refractivity contribution in [3.63, 3.8) is 0 Å². The van der Waals surface area contributed by atoms with Gasteiger partial charge in [-0.3, -0.25) is 0 Å². The van der Waals surface area contributed by atoms with E-state index in [0.29, 0.717) is 6.61 Å². The minimum absolute atomic E-state index is 0.106. The van der Waals surface area contributed by atoms with E-state index in [4.69, 9.17) is 4.74 Å². The normalized spacial score (nSPS) is 11.8. The van der Waals surface area contributed by atoms with Gasteiger partial charge in [0.1, 0.15) is 13.4 Å². The first kappa shape index (κ1) is 19.1. The summed E-state index contributed by atoms with van der Waals surface area (Å²) in [5.41, 5.74) is 0. The van der Waals surface area contributed by atoms with Crippen molar-refractivity contribution in [1.82, 2.24) is 9.55 Å². The van der Waals surface area contributed by atoms with Gasteiger partial charge in [0.2, 0.25) is 0 Å². The molecule has 3 nitrogen and oxygen atoms in total. The van der Waals surface area contributed by atoms with Crippen molar-refractivity contribution in [1.29, 1.82) is 0 Å². The molecule has 0 aliphatic rings. The summed E-state index contributed by atoms with van der Waals surface area (Å²) in [6, 6.07) is 21.8. The molecule has 136 valence electrons. The Bertz CT molecular complexity index is 766. The Balaban J connectivity index is 1.71. The standard InChI is InChI=1S/C21H25BrN2OSi/c1-21(2,16-25-14-13-24-17-23-15-20(24)22)26(18-9-5-3-6-10-18)19-11-7-4-8-12-19/h3-12,15,17,26H,13-14,16H2,1-2H3. The van der Waals surface area contributed by atoms with Crippen LogP contribution in [-0.4, -0.2) is 31.6 Å². The van der Waals surface area contributed by atoms with Gasteiger partial charge in [-0.15, -0.1) is 0 Å². The van der Waals surface area contributed by atoms with Gasteiger partial charge in [-0.25, -0.2) is 4.98 Å². The maximum atomic E-state index is 6.12. The Labute approximate surface area is 165 Å². The number of hydrogen-bond acceptors (Lipinski definition) is 2. The van der Waals surface area contributed by atoms with Gasteiger partial charge in [-0.2, -0.15) is 0 Å². The predicted octanol–water partition coefficient (Wildman–Crippen LogP) is 3.48. The van der Waals surface area contributed by atoms with Crippen LogP contribution in [0, 0.1) is 0 Å². The first-order chi connectivity index (χ1) is 12.6. The van der Waals surface area contributed by atoms with E-state index in [2.05, 4.69) is 100.0 Å². The number of benzene rings is 2. The number of ether oxygens (including phenoxy) is 1. The molecule has 0 amide bonds. The van der Waals surface area contributed by atoms with Crippen molar-refractivity contribution in [3.05, 3.63) is 77.8 Å². The molecule has 0 N–H and O–H groups in total. The minimum atomic E-state index is -1.43. The van der Waals surface area contributed by atoms with E-state index >= 15 is 0 Å². The van der Waals surface area contributed by atoms with E-state index in [0.717, 1.165) is 17.8 Å². The number of hydrogen-bond donors (Lipinski definition) is 0. The molecule has 0 fully saturated rings. The molecule has 0 atom stereocenters. The van der Waals surface area contributed by atoms with Crippen LogP contribution in [0.25, 0.3) is 0 Å². The quantitative estimate of drug-likeness (QED) is 0.405. The molecule has 26 heavy (non-hydrogen) atoms. The van der Waals surface area contributed by atoms with Crippen LogP contribution >= 0.6 is 15.9 Å². The molecule has 2 aromatic carbocycles. The van der Waals surface area contributed by atoms with Gasteiger partial charge >= 0.3 is 0 Å². The third kappa shape index (κ3) is 4.72. The van der Waals surface area contributed by atoms with Gasteiger partial charge in [0, 0.05) is 13.2 Å². The number of imidazole rings is 1. The van der Waals surface area contributed by atoms with Crippen molar-refractivity contribution in [2.45, 2.75) is 25.4 Å². The lowest BCUT2D eigenvalue weighted by molar-refractivity contribution is 0.107. The molecule has 0 bridgehead atoms. The molecule has 0 unspecified atom stereocenters. The zero-order valence-electron chi connectivity index (χ0n) is 15.3. The summed E-state index contributed by atoms with van der Waals surface area (Å²) in [4.78, 5) is 4.12. The monoisotopic (exact) mass is 428 g/mol. The van der Waals surface area contributed by atoms with Crippen molar-refractivity contribution >= 4 is 35.1 Å². The lowest BCUT2D eigenvalue weighted by Crippen LogP contribution is -2.51. The van der Waals surface area contributed by atoms with Crippen LogP contribution in [0.3, 0.4) is 0 Å². The summed E-state index contributed by atoms with van der Waals surface area (Å²) >= 11 is 3.49. The van der Waals surface area contributed by atoms with Gasteiger partial charge in [-0.1, -0.05) is 84.9 Å². The van der Waals surface area contributed by atoms with Gasteiger partial charge in [0.15, 0.2) is 0 Å². The second kappa shape index (κ2) is 8.80. The second-order valence-electron chi connectivity index (χ2n) is 7.21. The highest BCUT2D eigenvalue weighted by atomic mass is 79.9. The lowest BCUT2D eigenvalue weighted by Gasteiger charge is -2.34. The maximum absolute atomic E-state index is 6.12. The molecule has 0 saturated carbocycles. The van der Waals surface area contributed by atoms with Crippen molar-refractivity contribution in [2.24, 2.45) is 0 Å². The fourth-order valence-corrected chi connectivity index (χ4v) is 7.51. The third-order valence-electron chi connectivity index (χ3n) is 4.66. The van der Waals surface area contributed by atoms with Crippen LogP contribution in [0.2, 0.25) is 5.04 Å². The molecule has 0 spiro atoms. The molecule has 1 aromatic heterocycles. The Morgan fingerprint density at radius 2 is 1.58 bits per heavy atom. The third-order valence-corrected chi connectivity index (χ3v) is 9.15. The summed E-state index contributed by atoms with van der Waals surface area (Å²) in [7, 11) is -1.43. The van der Waals surface area contributed by atoms with Crippen LogP contribution in [0.4, 0.5) is 0 Å². The average Bonchev–Trinajstić information content (AvgIpc) is 3.05. The molecule has 0 radical (unpaired) electrons.